The number of benzene rings is 3. The lowest BCUT2D eigenvalue weighted by Crippen LogP contribution is -2.08. The number of phenolic OH excluding ortho intramolecular Hbond substituents is 3. The summed E-state index contributed by atoms with van der Waals surface area (Å²) in [7, 11) is 0.453. The summed E-state index contributed by atoms with van der Waals surface area (Å²) in [5.74, 6) is -1.47. The quantitative estimate of drug-likeness (QED) is 0.0147. The Kier molecular flexibility index (Phi) is 31.4. The van der Waals surface area contributed by atoms with Crippen molar-refractivity contribution in [1.82, 2.24) is 0 Å². The number of hydrogen-bond acceptors (Lipinski definition) is 19. The van der Waals surface area contributed by atoms with E-state index in [1.54, 1.807) is 26.7 Å². The Morgan fingerprint density at radius 1 is 0.553 bits per heavy atom. The Labute approximate surface area is 512 Å². The molecule has 6 rings (SSSR count). The first-order valence-corrected chi connectivity index (χ1v) is 33.9. The maximum absolute atomic E-state index is 11.9. The number of aliphatic carboxylic acids is 1. The lowest BCUT2D eigenvalue weighted by molar-refractivity contribution is -0.143. The molecule has 3 aliphatic rings. The molecule has 3 heterocycles. The fourth-order valence-electron chi connectivity index (χ4n) is 8.81. The standard InChI is InChI=1S/C21H29O7P.C17H19ClO5.C17H20O6.C4H11O2P.CH2Cl2/c1-13(7-9-17(22)27-10-11-29(4,5)25)6-8-15-19(23)18-16(12-28-21(18)24)14(2)20(15)26-3;2*1-9(5-7-13(18)19)4-6-11-15(20)14-12(8-23-17(14)21)10(2)16(11)22-3;1-7(2,6)4-3-5;2-1-3/h6,23H,7-12H2,1-5H3;4,20H,5-8H2,1-3H3;4,20H,5-8H2,1-3H3,(H,18,19);5H,3-4H2,1-2H3;1H2/b13-6+;2*9-4+;;. The van der Waals surface area contributed by atoms with Crippen LogP contribution >= 0.6 is 49.1 Å². The number of aliphatic hydroxyl groups is 1. The average molecular weight is 1290 g/mol. The molecule has 3 aromatic rings. The third-order valence-electron chi connectivity index (χ3n) is 13.6. The summed E-state index contributed by atoms with van der Waals surface area (Å²) in [6.45, 7) is 18.4. The molecule has 0 aromatic heterocycles. The van der Waals surface area contributed by atoms with Gasteiger partial charge in [-0.05, 0) is 135 Å². The first-order valence-electron chi connectivity index (χ1n) is 26.8. The van der Waals surface area contributed by atoms with Gasteiger partial charge < -0.3 is 67.8 Å². The van der Waals surface area contributed by atoms with Gasteiger partial charge in [0.25, 0.3) is 0 Å². The minimum Gasteiger partial charge on any atom is -0.507 e. The number of cyclic esters (lactones) is 3. The second kappa shape index (κ2) is 35.6. The smallest absolute Gasteiger partial charge is 0.342 e. The van der Waals surface area contributed by atoms with E-state index in [9.17, 15) is 53.2 Å². The van der Waals surface area contributed by atoms with Gasteiger partial charge in [0, 0.05) is 71.6 Å². The Morgan fingerprint density at radius 3 is 1.12 bits per heavy atom. The third-order valence-corrected chi connectivity index (χ3v) is 16.3. The van der Waals surface area contributed by atoms with Crippen LogP contribution in [0.1, 0.15) is 140 Å². The van der Waals surface area contributed by atoms with Gasteiger partial charge in [0.05, 0.1) is 47.6 Å². The van der Waals surface area contributed by atoms with Gasteiger partial charge >= 0.3 is 29.8 Å². The van der Waals surface area contributed by atoms with Crippen molar-refractivity contribution in [3.05, 3.63) is 102 Å². The molecular weight excluding hydrogens is 1210 g/mol. The summed E-state index contributed by atoms with van der Waals surface area (Å²) in [5, 5.41) is 48.3. The number of ether oxygens (including phenoxy) is 7. The van der Waals surface area contributed by atoms with E-state index in [0.29, 0.717) is 101 Å². The molecule has 3 aliphatic heterocycles. The van der Waals surface area contributed by atoms with Crippen molar-refractivity contribution in [3.63, 3.8) is 0 Å². The minimum atomic E-state index is -2.19. The van der Waals surface area contributed by atoms with Crippen molar-refractivity contribution in [2.45, 2.75) is 119 Å². The van der Waals surface area contributed by atoms with Gasteiger partial charge in [-0.3, -0.25) is 14.4 Å². The van der Waals surface area contributed by atoms with Gasteiger partial charge in [-0.2, -0.15) is 0 Å². The van der Waals surface area contributed by atoms with Gasteiger partial charge in [-0.25, -0.2) is 14.4 Å². The van der Waals surface area contributed by atoms with Gasteiger partial charge in [-0.15, -0.1) is 23.2 Å². The maximum Gasteiger partial charge on any atom is 0.342 e. The molecule has 0 fully saturated rings. The molecule has 85 heavy (non-hydrogen) atoms. The van der Waals surface area contributed by atoms with Crippen molar-refractivity contribution in [2.24, 2.45) is 0 Å². The fourth-order valence-corrected chi connectivity index (χ4v) is 9.92. The highest BCUT2D eigenvalue weighted by Crippen LogP contribution is 2.45. The Hall–Kier alpha value is -6.01. The summed E-state index contributed by atoms with van der Waals surface area (Å²) < 4.78 is 58.7. The number of aromatic hydroxyl groups is 3. The number of phenols is 3. The number of carbonyl (C=O) groups is 6. The number of alkyl halides is 2. The summed E-state index contributed by atoms with van der Waals surface area (Å²) >= 11 is 14.9. The molecule has 472 valence electrons. The average Bonchev–Trinajstić information content (AvgIpc) is 2.03. The van der Waals surface area contributed by atoms with E-state index in [1.165, 1.54) is 21.3 Å². The van der Waals surface area contributed by atoms with Crippen molar-refractivity contribution in [3.8, 4) is 34.5 Å². The molecule has 0 radical (unpaired) electrons. The van der Waals surface area contributed by atoms with E-state index < -0.39 is 38.2 Å². The van der Waals surface area contributed by atoms with Crippen LogP contribution in [0.15, 0.2) is 34.9 Å². The number of allylic oxidation sites excluding steroid dienone is 6. The van der Waals surface area contributed by atoms with E-state index in [1.807, 2.05) is 59.8 Å². The molecule has 5 N–H and O–H groups in total. The third kappa shape index (κ3) is 23.0. The summed E-state index contributed by atoms with van der Waals surface area (Å²) in [4.78, 5) is 68.8. The van der Waals surface area contributed by atoms with Crippen molar-refractivity contribution < 1.29 is 96.6 Å². The number of halogens is 3. The topological polar surface area (TPSA) is 302 Å². The predicted octanol–water partition coefficient (Wildman–Crippen LogP) is 12.0. The SMILES string of the molecule is COc1c(C)c2c(c(O)c1C/C=C(\C)CCC(=O)Cl)C(=O)OC2.COc1c(C)c2c(c(O)c1C/C=C(\C)CCC(=O)O)C(=O)OC2.COc1c(C)c2c(c(O)c1C/C=C(\C)CCC(=O)OCCP(C)(C)=O)C(=O)OC2.CP(C)(=O)CCO.ClCCl. The molecule has 3 aromatic carbocycles. The minimum absolute atomic E-state index is 0.0459. The molecule has 0 spiro atoms. The number of methoxy groups -OCH3 is 3. The van der Waals surface area contributed by atoms with Crippen LogP contribution < -0.4 is 14.2 Å². The molecule has 0 aliphatic carbocycles. The Balaban J connectivity index is 0.000000405. The zero-order chi connectivity index (χ0) is 64.7. The number of carbonyl (C=O) groups excluding carboxylic acids is 5. The van der Waals surface area contributed by atoms with Crippen molar-refractivity contribution in [1.29, 1.82) is 0 Å². The van der Waals surface area contributed by atoms with E-state index in [4.69, 9.17) is 78.2 Å². The van der Waals surface area contributed by atoms with Crippen LogP contribution in [-0.2, 0) is 81.5 Å². The van der Waals surface area contributed by atoms with E-state index >= 15 is 0 Å². The number of rotatable bonds is 23. The molecule has 0 bridgehead atoms. The molecule has 25 heteroatoms. The summed E-state index contributed by atoms with van der Waals surface area (Å²) in [6.07, 6.45) is 9.58. The molecule has 0 saturated heterocycles. The Morgan fingerprint density at radius 2 is 0.859 bits per heavy atom. The predicted molar refractivity (Wildman–Crippen MR) is 327 cm³/mol. The Bertz CT molecular complexity index is 3000. The normalized spacial score (nSPS) is 13.3. The summed E-state index contributed by atoms with van der Waals surface area (Å²) in [6, 6.07) is 0. The zero-order valence-corrected chi connectivity index (χ0v) is 54.7. The molecule has 0 unspecified atom stereocenters. The number of aliphatic hydroxyl groups excluding tert-OH is 1. The second-order valence-corrected chi connectivity index (χ2v) is 29.3. The van der Waals surface area contributed by atoms with Crippen LogP contribution in [0.5, 0.6) is 34.5 Å². The number of fused-ring (bicyclic) bond motifs is 3. The summed E-state index contributed by atoms with van der Waals surface area (Å²) in [5.41, 5.74) is 9.34. The molecule has 0 atom stereocenters. The second-order valence-electron chi connectivity index (χ2n) is 20.9. The number of esters is 4. The van der Waals surface area contributed by atoms with E-state index in [0.717, 1.165) is 33.4 Å². The number of carboxylic acids is 1. The van der Waals surface area contributed by atoms with Crippen LogP contribution in [0.2, 0.25) is 0 Å². The fraction of sp³-hybridized carbons (Fsp3) is 0.500. The first-order chi connectivity index (χ1) is 39.7. The van der Waals surface area contributed by atoms with Crippen LogP contribution in [-0.4, -0.2) is 139 Å². The lowest BCUT2D eigenvalue weighted by atomic mass is 9.94. The molecule has 20 nitrogen and oxygen atoms in total. The molecule has 0 saturated carbocycles. The van der Waals surface area contributed by atoms with Gasteiger partial charge in [0.2, 0.25) is 5.24 Å². The largest absolute Gasteiger partial charge is 0.507 e. The highest BCUT2D eigenvalue weighted by molar-refractivity contribution is 7.62. The van der Waals surface area contributed by atoms with Crippen LogP contribution in [0.25, 0.3) is 0 Å². The van der Waals surface area contributed by atoms with Gasteiger partial charge in [0.15, 0.2) is 0 Å². The van der Waals surface area contributed by atoms with E-state index in [2.05, 4.69) is 0 Å². The number of hydrogen-bond donors (Lipinski definition) is 5. The molecule has 0 amide bonds. The first kappa shape index (κ1) is 75.1. The maximum atomic E-state index is 11.9. The van der Waals surface area contributed by atoms with Crippen molar-refractivity contribution >= 4 is 84.2 Å². The van der Waals surface area contributed by atoms with Gasteiger partial charge in [0.1, 0.15) is 71.0 Å². The highest BCUT2D eigenvalue weighted by atomic mass is 35.5. The monoisotopic (exact) mass is 1290 g/mol. The zero-order valence-electron chi connectivity index (χ0n) is 50.6. The van der Waals surface area contributed by atoms with Crippen LogP contribution in [0, 0.1) is 20.8 Å². The molecular formula is C60H81Cl3O20P2. The van der Waals surface area contributed by atoms with Gasteiger partial charge in [-0.1, -0.05) is 34.9 Å². The highest BCUT2D eigenvalue weighted by Gasteiger charge is 2.34. The van der Waals surface area contributed by atoms with E-state index in [-0.39, 0.29) is 103 Å². The lowest BCUT2D eigenvalue weighted by Gasteiger charge is -2.15. The van der Waals surface area contributed by atoms with Crippen LogP contribution in [0.4, 0.5) is 0 Å². The van der Waals surface area contributed by atoms with Crippen molar-refractivity contribution in [2.75, 3.05) is 78.9 Å². The van der Waals surface area contributed by atoms with Crippen LogP contribution in [0.3, 0.4) is 0 Å². The number of carboxylic acid groups (broad SMARTS) is 1.